The molecule has 0 N–H and O–H groups in total. The Hall–Kier alpha value is -3.66. The molecule has 0 saturated carbocycles. The van der Waals surface area contributed by atoms with Crippen molar-refractivity contribution in [2.75, 3.05) is 7.11 Å². The van der Waals surface area contributed by atoms with Crippen LogP contribution in [0.3, 0.4) is 0 Å². The summed E-state index contributed by atoms with van der Waals surface area (Å²) in [5.74, 6) is 3.37. The van der Waals surface area contributed by atoms with Gasteiger partial charge in [-0.1, -0.05) is 75.4 Å². The van der Waals surface area contributed by atoms with Crippen molar-refractivity contribution in [2.45, 2.75) is 39.5 Å². The minimum Gasteiger partial charge on any atom is -0.497 e. The maximum Gasteiger partial charge on any atom is 0.223 e. The van der Waals surface area contributed by atoms with Crippen LogP contribution in [-0.2, 0) is 5.41 Å². The predicted molar refractivity (Wildman–Crippen MR) is 138 cm³/mol. The fourth-order valence-corrected chi connectivity index (χ4v) is 4.50. The van der Waals surface area contributed by atoms with E-state index in [1.165, 1.54) is 11.1 Å². The lowest BCUT2D eigenvalue weighted by Crippen LogP contribution is -2.25. The Balaban J connectivity index is 1.61. The van der Waals surface area contributed by atoms with E-state index in [1.807, 2.05) is 67.6 Å². The van der Waals surface area contributed by atoms with E-state index in [0.717, 1.165) is 29.2 Å². The van der Waals surface area contributed by atoms with Crippen LogP contribution in [0.15, 0.2) is 84.9 Å². The second-order valence-corrected chi connectivity index (χ2v) is 9.32. The molecule has 3 aromatic carbocycles. The molecule has 174 valence electrons. The molecule has 0 aliphatic carbocycles. The molecule has 0 fully saturated rings. The number of aromatic nitrogens is 2. The second-order valence-electron chi connectivity index (χ2n) is 9.32. The van der Waals surface area contributed by atoms with Gasteiger partial charge in [0.15, 0.2) is 5.82 Å². The normalized spacial score (nSPS) is 12.9. The van der Waals surface area contributed by atoms with Crippen molar-refractivity contribution in [2.24, 2.45) is 5.92 Å². The summed E-state index contributed by atoms with van der Waals surface area (Å²) in [6, 6.07) is 28.6. The maximum absolute atomic E-state index is 6.14. The molecule has 0 radical (unpaired) electrons. The topological polar surface area (TPSA) is 44.2 Å². The van der Waals surface area contributed by atoms with Gasteiger partial charge in [-0.05, 0) is 54.7 Å². The van der Waals surface area contributed by atoms with E-state index in [0.29, 0.717) is 17.6 Å². The van der Waals surface area contributed by atoms with Crippen LogP contribution in [0, 0.1) is 12.8 Å². The second kappa shape index (κ2) is 10.1. The van der Waals surface area contributed by atoms with Crippen LogP contribution >= 0.6 is 0 Å². The number of nitrogens with zero attached hydrogens (tertiary/aromatic N) is 2. The third-order valence-corrected chi connectivity index (χ3v) is 6.12. The van der Waals surface area contributed by atoms with Gasteiger partial charge in [0.2, 0.25) is 5.88 Å². The number of hydrogen-bond acceptors (Lipinski definition) is 4. The molecular formula is C30H32N2O2. The molecule has 34 heavy (non-hydrogen) atoms. The van der Waals surface area contributed by atoms with Gasteiger partial charge in [0, 0.05) is 22.7 Å². The van der Waals surface area contributed by atoms with E-state index in [1.54, 1.807) is 7.11 Å². The molecule has 0 aliphatic rings. The third-order valence-electron chi connectivity index (χ3n) is 6.12. The number of aryl methyl sites for hydroxylation is 1. The van der Waals surface area contributed by atoms with Gasteiger partial charge in [-0.15, -0.1) is 0 Å². The molecule has 0 amide bonds. The summed E-state index contributed by atoms with van der Waals surface area (Å²) < 4.78 is 11.5. The fourth-order valence-electron chi connectivity index (χ4n) is 4.50. The first-order valence-corrected chi connectivity index (χ1v) is 11.7. The van der Waals surface area contributed by atoms with Crippen molar-refractivity contribution in [1.82, 2.24) is 9.97 Å². The van der Waals surface area contributed by atoms with Crippen molar-refractivity contribution in [1.29, 1.82) is 0 Å². The Morgan fingerprint density at radius 1 is 0.794 bits per heavy atom. The standard InChI is InChI=1S/C30H32N2O2/c1-21(2)20-30(4,24-11-15-26(33-5)16-12-24)25-13-17-27(18-14-25)34-28-19-22(3)31-29(32-28)23-9-7-6-8-10-23/h6-19,21H,20H2,1-5H3. The van der Waals surface area contributed by atoms with Crippen molar-refractivity contribution < 1.29 is 9.47 Å². The minimum absolute atomic E-state index is 0.120. The molecule has 1 unspecified atom stereocenters. The SMILES string of the molecule is COc1ccc(C(C)(CC(C)C)c2ccc(Oc3cc(C)nc(-c4ccccc4)n3)cc2)cc1. The average molecular weight is 453 g/mol. The van der Waals surface area contributed by atoms with E-state index in [9.17, 15) is 0 Å². The van der Waals surface area contributed by atoms with Gasteiger partial charge >= 0.3 is 0 Å². The number of benzene rings is 3. The molecule has 1 atom stereocenters. The summed E-state index contributed by atoms with van der Waals surface area (Å²) in [5, 5.41) is 0. The Labute approximate surface area is 202 Å². The summed E-state index contributed by atoms with van der Waals surface area (Å²) in [6.07, 6.45) is 1.03. The van der Waals surface area contributed by atoms with Crippen LogP contribution < -0.4 is 9.47 Å². The number of rotatable bonds is 8. The van der Waals surface area contributed by atoms with Crippen LogP contribution in [0.25, 0.3) is 11.4 Å². The summed E-state index contributed by atoms with van der Waals surface area (Å²) in [5.41, 5.74) is 4.24. The van der Waals surface area contributed by atoms with E-state index in [4.69, 9.17) is 9.47 Å². The molecular weight excluding hydrogens is 420 g/mol. The Bertz CT molecular complexity index is 1220. The number of methoxy groups -OCH3 is 1. The first kappa shape index (κ1) is 23.5. The van der Waals surface area contributed by atoms with Crippen molar-refractivity contribution in [3.05, 3.63) is 102 Å². The number of hydrogen-bond donors (Lipinski definition) is 0. The molecule has 1 heterocycles. The Kier molecular flexibility index (Phi) is 6.97. The average Bonchev–Trinajstić information content (AvgIpc) is 2.84. The van der Waals surface area contributed by atoms with Gasteiger partial charge < -0.3 is 9.47 Å². The van der Waals surface area contributed by atoms with Gasteiger partial charge in [-0.25, -0.2) is 4.98 Å². The first-order chi connectivity index (χ1) is 16.4. The van der Waals surface area contributed by atoms with Crippen LogP contribution in [0.2, 0.25) is 0 Å². The molecule has 4 rings (SSSR count). The van der Waals surface area contributed by atoms with Crippen molar-refractivity contribution in [3.63, 3.8) is 0 Å². The zero-order valence-corrected chi connectivity index (χ0v) is 20.6. The summed E-state index contributed by atoms with van der Waals surface area (Å²) in [6.45, 7) is 8.79. The van der Waals surface area contributed by atoms with Gasteiger partial charge in [0.05, 0.1) is 7.11 Å². The highest BCUT2D eigenvalue weighted by molar-refractivity contribution is 5.55. The highest BCUT2D eigenvalue weighted by Crippen LogP contribution is 2.39. The van der Waals surface area contributed by atoms with Gasteiger partial charge in [-0.3, -0.25) is 0 Å². The lowest BCUT2D eigenvalue weighted by Gasteiger charge is -2.33. The molecule has 4 heteroatoms. The first-order valence-electron chi connectivity index (χ1n) is 11.7. The largest absolute Gasteiger partial charge is 0.497 e. The van der Waals surface area contributed by atoms with E-state index < -0.39 is 0 Å². The van der Waals surface area contributed by atoms with E-state index in [2.05, 4.69) is 55.0 Å². The van der Waals surface area contributed by atoms with Gasteiger partial charge in [-0.2, -0.15) is 4.98 Å². The van der Waals surface area contributed by atoms with E-state index >= 15 is 0 Å². The Morgan fingerprint density at radius 2 is 1.38 bits per heavy atom. The fraction of sp³-hybridized carbons (Fsp3) is 0.267. The minimum atomic E-state index is -0.120. The van der Waals surface area contributed by atoms with E-state index in [-0.39, 0.29) is 5.41 Å². The zero-order chi connectivity index (χ0) is 24.1. The number of ether oxygens (including phenoxy) is 2. The smallest absolute Gasteiger partial charge is 0.223 e. The highest BCUT2D eigenvalue weighted by Gasteiger charge is 2.30. The Morgan fingerprint density at radius 3 is 1.94 bits per heavy atom. The quantitative estimate of drug-likeness (QED) is 0.276. The molecule has 1 aromatic heterocycles. The zero-order valence-electron chi connectivity index (χ0n) is 20.6. The molecule has 0 bridgehead atoms. The van der Waals surface area contributed by atoms with Crippen LogP contribution in [0.5, 0.6) is 17.4 Å². The molecule has 4 nitrogen and oxygen atoms in total. The van der Waals surface area contributed by atoms with Crippen molar-refractivity contribution >= 4 is 0 Å². The van der Waals surface area contributed by atoms with Gasteiger partial charge in [0.25, 0.3) is 0 Å². The van der Waals surface area contributed by atoms with Crippen molar-refractivity contribution in [3.8, 4) is 28.8 Å². The monoisotopic (exact) mass is 452 g/mol. The lowest BCUT2D eigenvalue weighted by atomic mass is 9.71. The lowest BCUT2D eigenvalue weighted by molar-refractivity contribution is 0.410. The molecule has 0 aliphatic heterocycles. The van der Waals surface area contributed by atoms with Crippen LogP contribution in [-0.4, -0.2) is 17.1 Å². The molecule has 0 saturated heterocycles. The van der Waals surface area contributed by atoms with Gasteiger partial charge in [0.1, 0.15) is 11.5 Å². The predicted octanol–water partition coefficient (Wildman–Crippen LogP) is 7.61. The van der Waals surface area contributed by atoms with Crippen LogP contribution in [0.4, 0.5) is 0 Å². The summed E-state index contributed by atoms with van der Waals surface area (Å²) >= 11 is 0. The third kappa shape index (κ3) is 5.28. The highest BCUT2D eigenvalue weighted by atomic mass is 16.5. The molecule has 4 aromatic rings. The summed E-state index contributed by atoms with van der Waals surface area (Å²) in [4.78, 5) is 9.19. The maximum atomic E-state index is 6.14. The summed E-state index contributed by atoms with van der Waals surface area (Å²) in [7, 11) is 1.70. The van der Waals surface area contributed by atoms with Crippen LogP contribution in [0.1, 0.15) is 44.0 Å². The molecule has 0 spiro atoms.